The minimum Gasteiger partial charge on any atom is -0.482 e. The second-order valence-electron chi connectivity index (χ2n) is 7.18. The molecule has 0 spiro atoms. The number of fused-ring (bicyclic) bond motifs is 3. The number of rotatable bonds is 5. The summed E-state index contributed by atoms with van der Waals surface area (Å²) >= 11 is 13.1. The van der Waals surface area contributed by atoms with Crippen LogP contribution in [-0.2, 0) is 16.0 Å². The lowest BCUT2D eigenvalue weighted by Gasteiger charge is -2.33. The van der Waals surface area contributed by atoms with Crippen molar-refractivity contribution in [2.75, 3.05) is 19.8 Å². The molecule has 1 aromatic carbocycles. The van der Waals surface area contributed by atoms with Crippen molar-refractivity contribution in [2.45, 2.75) is 39.0 Å². The fourth-order valence-electron chi connectivity index (χ4n) is 4.39. The minimum absolute atomic E-state index is 0.00473. The van der Waals surface area contributed by atoms with Crippen molar-refractivity contribution in [1.82, 2.24) is 0 Å². The molecule has 0 N–H and O–H groups in total. The Hall–Kier alpha value is -1.52. The molecule has 0 saturated heterocycles. The van der Waals surface area contributed by atoms with Gasteiger partial charge >= 0.3 is 0 Å². The Morgan fingerprint density at radius 3 is 2.92 bits per heavy atom. The number of carbonyl (C=O) groups is 1. The van der Waals surface area contributed by atoms with E-state index in [4.69, 9.17) is 32.7 Å². The number of aliphatic imine (C=N–C) groups is 1. The van der Waals surface area contributed by atoms with Crippen LogP contribution >= 0.6 is 23.2 Å². The third-order valence-electron chi connectivity index (χ3n) is 5.51. The molecule has 1 unspecified atom stereocenters. The number of benzene rings is 1. The van der Waals surface area contributed by atoms with E-state index in [9.17, 15) is 4.79 Å². The van der Waals surface area contributed by atoms with Gasteiger partial charge in [0.25, 0.3) is 0 Å². The highest BCUT2D eigenvalue weighted by atomic mass is 35.5. The molecular formula is C20H21Cl2NO3. The molecule has 3 aliphatic rings. The van der Waals surface area contributed by atoms with Crippen LogP contribution in [0.1, 0.15) is 43.7 Å². The van der Waals surface area contributed by atoms with Gasteiger partial charge in [-0.2, -0.15) is 0 Å². The second-order valence-corrected chi connectivity index (χ2v) is 7.94. The topological polar surface area (TPSA) is 47.9 Å². The highest BCUT2D eigenvalue weighted by Crippen LogP contribution is 2.58. The average Bonchev–Trinajstić information content (AvgIpc) is 3.23. The highest BCUT2D eigenvalue weighted by Gasteiger charge is 2.45. The number of hydrogen-bond donors (Lipinski definition) is 0. The molecule has 4 rings (SSSR count). The molecule has 138 valence electrons. The van der Waals surface area contributed by atoms with Gasteiger partial charge in [0.1, 0.15) is 17.4 Å². The van der Waals surface area contributed by atoms with Crippen LogP contribution in [0.15, 0.2) is 17.1 Å². The lowest BCUT2D eigenvalue weighted by atomic mass is 9.70. The van der Waals surface area contributed by atoms with E-state index in [0.29, 0.717) is 41.3 Å². The van der Waals surface area contributed by atoms with Gasteiger partial charge in [-0.1, -0.05) is 36.5 Å². The Morgan fingerprint density at radius 1 is 1.35 bits per heavy atom. The van der Waals surface area contributed by atoms with Gasteiger partial charge in [-0.25, -0.2) is 4.99 Å². The monoisotopic (exact) mass is 393 g/mol. The van der Waals surface area contributed by atoms with E-state index in [0.717, 1.165) is 42.4 Å². The maximum Gasteiger partial charge on any atom is 0.222 e. The van der Waals surface area contributed by atoms with Gasteiger partial charge in [0.05, 0.1) is 11.6 Å². The van der Waals surface area contributed by atoms with Crippen LogP contribution < -0.4 is 4.74 Å². The van der Waals surface area contributed by atoms with E-state index < -0.39 is 0 Å². The Morgan fingerprint density at radius 2 is 2.19 bits per heavy atom. The zero-order valence-electron chi connectivity index (χ0n) is 14.7. The van der Waals surface area contributed by atoms with Crippen LogP contribution in [0.2, 0.25) is 10.0 Å². The normalized spacial score (nSPS) is 23.9. The molecule has 1 aliphatic heterocycles. The van der Waals surface area contributed by atoms with Gasteiger partial charge in [0, 0.05) is 17.4 Å². The molecule has 0 bridgehead atoms. The fraction of sp³-hybridized carbons (Fsp3) is 0.500. The molecule has 0 fully saturated rings. The number of ether oxygens (including phenoxy) is 2. The predicted molar refractivity (Wildman–Crippen MR) is 103 cm³/mol. The van der Waals surface area contributed by atoms with Crippen molar-refractivity contribution in [3.8, 4) is 5.75 Å². The molecule has 2 aliphatic carbocycles. The van der Waals surface area contributed by atoms with Crippen molar-refractivity contribution in [3.63, 3.8) is 0 Å². The molecule has 0 radical (unpaired) electrons. The van der Waals surface area contributed by atoms with Crippen molar-refractivity contribution in [2.24, 2.45) is 10.4 Å². The van der Waals surface area contributed by atoms with Crippen LogP contribution in [-0.4, -0.2) is 31.4 Å². The minimum atomic E-state index is -0.00473. The average molecular weight is 394 g/mol. The van der Waals surface area contributed by atoms with Crippen LogP contribution in [0.4, 0.5) is 0 Å². The van der Waals surface area contributed by atoms with Crippen molar-refractivity contribution in [3.05, 3.63) is 33.3 Å². The number of hydrogen-bond acceptors (Lipinski definition) is 4. The summed E-state index contributed by atoms with van der Waals surface area (Å²) in [5.41, 5.74) is 3.10. The largest absolute Gasteiger partial charge is 0.482 e. The van der Waals surface area contributed by atoms with Crippen molar-refractivity contribution < 1.29 is 14.3 Å². The van der Waals surface area contributed by atoms with Crippen LogP contribution in [0.25, 0.3) is 5.57 Å². The molecular weight excluding hydrogens is 373 g/mol. The van der Waals surface area contributed by atoms with E-state index in [1.807, 2.05) is 6.07 Å². The quantitative estimate of drug-likeness (QED) is 0.715. The summed E-state index contributed by atoms with van der Waals surface area (Å²) in [6.07, 6.45) is 6.23. The first-order valence-corrected chi connectivity index (χ1v) is 9.85. The molecule has 1 aromatic rings. The predicted octanol–water partition coefficient (Wildman–Crippen LogP) is 4.89. The van der Waals surface area contributed by atoms with Crippen LogP contribution in [0.3, 0.4) is 0 Å². The Kier molecular flexibility index (Phi) is 4.74. The molecule has 0 amide bonds. The Bertz CT molecular complexity index is 831. The zero-order valence-corrected chi connectivity index (χ0v) is 16.3. The van der Waals surface area contributed by atoms with Gasteiger partial charge < -0.3 is 9.47 Å². The molecule has 1 heterocycles. The maximum atomic E-state index is 12.1. The lowest BCUT2D eigenvalue weighted by Crippen LogP contribution is -2.25. The summed E-state index contributed by atoms with van der Waals surface area (Å²) in [7, 11) is 0. The molecule has 4 nitrogen and oxygen atoms in total. The summed E-state index contributed by atoms with van der Waals surface area (Å²) in [5, 5.41) is 0.864. The summed E-state index contributed by atoms with van der Waals surface area (Å²) < 4.78 is 11.2. The van der Waals surface area contributed by atoms with Gasteiger partial charge in [-0.3, -0.25) is 4.79 Å². The van der Waals surface area contributed by atoms with E-state index in [-0.39, 0.29) is 17.8 Å². The lowest BCUT2D eigenvalue weighted by molar-refractivity contribution is -0.115. The molecule has 0 aromatic heterocycles. The second kappa shape index (κ2) is 6.90. The SMILES string of the molecule is CCCC12CCC(=O)C=C1c1c(cc(OCC3=NCCO3)c(Cl)c1Cl)C2. The van der Waals surface area contributed by atoms with Gasteiger partial charge in [0.15, 0.2) is 12.4 Å². The third kappa shape index (κ3) is 2.93. The smallest absolute Gasteiger partial charge is 0.222 e. The van der Waals surface area contributed by atoms with Crippen LogP contribution in [0.5, 0.6) is 5.75 Å². The fourth-order valence-corrected chi connectivity index (χ4v) is 4.91. The maximum absolute atomic E-state index is 12.1. The Labute approximate surface area is 163 Å². The number of nitrogens with zero attached hydrogens (tertiary/aromatic N) is 1. The Balaban J connectivity index is 1.71. The van der Waals surface area contributed by atoms with E-state index in [1.54, 1.807) is 6.08 Å². The molecule has 1 atom stereocenters. The zero-order chi connectivity index (χ0) is 18.3. The highest BCUT2D eigenvalue weighted by molar-refractivity contribution is 6.44. The van der Waals surface area contributed by atoms with Crippen molar-refractivity contribution >= 4 is 40.5 Å². The summed E-state index contributed by atoms with van der Waals surface area (Å²) in [6.45, 7) is 3.69. The number of ketones is 1. The van der Waals surface area contributed by atoms with Gasteiger partial charge in [-0.05, 0) is 42.5 Å². The van der Waals surface area contributed by atoms with Gasteiger partial charge in [0.2, 0.25) is 5.90 Å². The standard InChI is InChI=1S/C20H21Cl2NO3/c1-2-4-20-5-3-13(24)9-14(20)17-12(10-20)8-15(18(21)19(17)22)26-11-16-23-6-7-25-16/h8-9H,2-7,10-11H2,1H3. The third-order valence-corrected chi connectivity index (χ3v) is 6.36. The number of carbonyl (C=O) groups excluding carboxylic acids is 1. The first-order chi connectivity index (χ1) is 12.5. The summed E-state index contributed by atoms with van der Waals surface area (Å²) in [6, 6.07) is 1.97. The first-order valence-electron chi connectivity index (χ1n) is 9.09. The number of allylic oxidation sites excluding steroid dienone is 2. The van der Waals surface area contributed by atoms with Gasteiger partial charge in [-0.15, -0.1) is 0 Å². The first kappa shape index (κ1) is 17.9. The summed E-state index contributed by atoms with van der Waals surface area (Å²) in [5.74, 6) is 1.30. The molecule has 0 saturated carbocycles. The van der Waals surface area contributed by atoms with E-state index in [2.05, 4.69) is 11.9 Å². The van der Waals surface area contributed by atoms with Crippen molar-refractivity contribution in [1.29, 1.82) is 0 Å². The molecule has 26 heavy (non-hydrogen) atoms. The summed E-state index contributed by atoms with van der Waals surface area (Å²) in [4.78, 5) is 16.3. The number of halogens is 2. The van der Waals surface area contributed by atoms with Crippen LogP contribution in [0, 0.1) is 5.41 Å². The molecule has 6 heteroatoms. The van der Waals surface area contributed by atoms with E-state index >= 15 is 0 Å². The van der Waals surface area contributed by atoms with E-state index in [1.165, 1.54) is 0 Å².